The summed E-state index contributed by atoms with van der Waals surface area (Å²) in [5, 5.41) is 0. The molecule has 134 valence electrons. The van der Waals surface area contributed by atoms with Crippen LogP contribution in [0.15, 0.2) is 37.2 Å². The summed E-state index contributed by atoms with van der Waals surface area (Å²) in [5.41, 5.74) is 7.52. The molecule has 0 bridgehead atoms. The number of anilines is 1. The van der Waals surface area contributed by atoms with Crippen molar-refractivity contribution in [2.75, 3.05) is 12.3 Å². The first-order chi connectivity index (χ1) is 12.6. The molecule has 1 fully saturated rings. The quantitative estimate of drug-likeness (QED) is 0.544. The zero-order valence-corrected chi connectivity index (χ0v) is 14.3. The van der Waals surface area contributed by atoms with E-state index >= 15 is 0 Å². The fourth-order valence-corrected chi connectivity index (χ4v) is 3.06. The Bertz CT molecular complexity index is 957. The van der Waals surface area contributed by atoms with Crippen LogP contribution < -0.4 is 10.3 Å². The van der Waals surface area contributed by atoms with Crippen LogP contribution in [0, 0.1) is 0 Å². The lowest BCUT2D eigenvalue weighted by atomic mass is 10.2. The highest BCUT2D eigenvalue weighted by molar-refractivity contribution is 5.88. The number of esters is 1. The highest BCUT2D eigenvalue weighted by Crippen LogP contribution is 2.31. The van der Waals surface area contributed by atoms with Gasteiger partial charge >= 0.3 is 5.97 Å². The molecule has 0 radical (unpaired) electrons. The molecule has 9 nitrogen and oxygen atoms in total. The van der Waals surface area contributed by atoms with Gasteiger partial charge in [-0.3, -0.25) is 4.57 Å². The molecule has 4 heterocycles. The van der Waals surface area contributed by atoms with Gasteiger partial charge in [-0.05, 0) is 18.9 Å². The average Bonchev–Trinajstić information content (AvgIpc) is 3.27. The van der Waals surface area contributed by atoms with Gasteiger partial charge in [-0.15, -0.1) is 0 Å². The van der Waals surface area contributed by atoms with Crippen molar-refractivity contribution >= 4 is 23.0 Å². The molecule has 0 spiro atoms. The minimum absolute atomic E-state index is 0.168. The molecule has 26 heavy (non-hydrogen) atoms. The van der Waals surface area contributed by atoms with E-state index in [0.717, 1.165) is 12.8 Å². The Morgan fingerprint density at radius 1 is 1.42 bits per heavy atom. The van der Waals surface area contributed by atoms with Gasteiger partial charge in [-0.25, -0.2) is 24.3 Å². The van der Waals surface area contributed by atoms with E-state index in [0.29, 0.717) is 22.5 Å². The molecule has 1 saturated heterocycles. The van der Waals surface area contributed by atoms with Gasteiger partial charge in [-0.2, -0.15) is 0 Å². The molecule has 4 rings (SSSR count). The molecule has 1 aliphatic heterocycles. The van der Waals surface area contributed by atoms with E-state index in [1.54, 1.807) is 29.2 Å². The summed E-state index contributed by atoms with van der Waals surface area (Å²) in [7, 11) is 1.85. The summed E-state index contributed by atoms with van der Waals surface area (Å²) in [5.74, 6) is -0.0184. The second-order valence-electron chi connectivity index (χ2n) is 6.23. The second-order valence-corrected chi connectivity index (χ2v) is 6.23. The largest absolute Gasteiger partial charge is 0.459 e. The molecular weight excluding hydrogens is 336 g/mol. The lowest BCUT2D eigenvalue weighted by Crippen LogP contribution is -2.28. The number of ether oxygens (including phenoxy) is 2. The van der Waals surface area contributed by atoms with Gasteiger partial charge in [-0.1, -0.05) is 0 Å². The van der Waals surface area contributed by atoms with Crippen LogP contribution in [0.2, 0.25) is 0 Å². The summed E-state index contributed by atoms with van der Waals surface area (Å²) < 4.78 is 15.0. The first kappa shape index (κ1) is 16.4. The number of hydrogen-bond acceptors (Lipinski definition) is 7. The Kier molecular flexibility index (Phi) is 4.21. The van der Waals surface area contributed by atoms with E-state index in [9.17, 15) is 4.79 Å². The molecule has 3 aromatic rings. The van der Waals surface area contributed by atoms with E-state index < -0.39 is 0 Å². The smallest absolute Gasteiger partial charge is 0.344 e. The van der Waals surface area contributed by atoms with E-state index in [1.165, 1.54) is 6.33 Å². The van der Waals surface area contributed by atoms with Gasteiger partial charge in [0.25, 0.3) is 0 Å². The fourth-order valence-electron chi connectivity index (χ4n) is 3.06. The predicted molar refractivity (Wildman–Crippen MR) is 90.8 cm³/mol. The molecule has 0 unspecified atom stereocenters. The Morgan fingerprint density at radius 3 is 3.15 bits per heavy atom. The summed E-state index contributed by atoms with van der Waals surface area (Å²) in [4.78, 5) is 24.6. The number of nitrogens with zero attached hydrogens (tertiary/aromatic N) is 5. The zero-order valence-electron chi connectivity index (χ0n) is 14.3. The lowest BCUT2D eigenvalue weighted by molar-refractivity contribution is -0.671. The molecule has 3 aromatic heterocycles. The predicted octanol–water partition coefficient (Wildman–Crippen LogP) is 0.768. The molecule has 2 atom stereocenters. The molecule has 0 aliphatic carbocycles. The number of carbonyl (C=O) groups is 1. The summed E-state index contributed by atoms with van der Waals surface area (Å²) in [6.45, 7) is 0.206. The Hall–Kier alpha value is -3.07. The Morgan fingerprint density at radius 2 is 2.31 bits per heavy atom. The van der Waals surface area contributed by atoms with Crippen LogP contribution >= 0.6 is 0 Å². The minimum Gasteiger partial charge on any atom is -0.459 e. The van der Waals surface area contributed by atoms with Crippen molar-refractivity contribution in [1.82, 2.24) is 19.5 Å². The van der Waals surface area contributed by atoms with Crippen LogP contribution in [0.5, 0.6) is 0 Å². The number of nitrogen functional groups attached to an aromatic ring is 1. The number of aryl methyl sites for hydroxylation is 1. The van der Waals surface area contributed by atoms with E-state index in [1.807, 2.05) is 17.8 Å². The molecular formula is C17H19N6O3+. The minimum atomic E-state index is -0.359. The standard InChI is InChI=1S/C17H19N6O3/c1-22-6-2-3-11(7-22)17(24)25-8-12-4-5-13(26-12)23-10-21-14-15(18)19-9-20-16(14)23/h2-3,6-7,9-10,12-13H,4-5,8H2,1H3,(H2,18,19,20)/q+1/t12-,13+/m0/s1. The van der Waals surface area contributed by atoms with Crippen molar-refractivity contribution in [1.29, 1.82) is 0 Å². The highest BCUT2D eigenvalue weighted by Gasteiger charge is 2.29. The van der Waals surface area contributed by atoms with Gasteiger partial charge in [0.05, 0.1) is 12.4 Å². The van der Waals surface area contributed by atoms with Crippen molar-refractivity contribution in [2.45, 2.75) is 25.2 Å². The van der Waals surface area contributed by atoms with Gasteiger partial charge in [0.2, 0.25) is 0 Å². The van der Waals surface area contributed by atoms with Crippen LogP contribution in [0.25, 0.3) is 11.2 Å². The monoisotopic (exact) mass is 355 g/mol. The number of carbonyl (C=O) groups excluding carboxylic acids is 1. The summed E-state index contributed by atoms with van der Waals surface area (Å²) in [6, 6.07) is 3.53. The van der Waals surface area contributed by atoms with Gasteiger partial charge in [0, 0.05) is 6.07 Å². The molecule has 2 N–H and O–H groups in total. The molecule has 0 saturated carbocycles. The number of imidazole rings is 1. The Labute approximate surface area is 149 Å². The normalized spacial score (nSPS) is 19.7. The van der Waals surface area contributed by atoms with E-state index in [-0.39, 0.29) is 24.9 Å². The van der Waals surface area contributed by atoms with Crippen molar-refractivity contribution in [2.24, 2.45) is 7.05 Å². The van der Waals surface area contributed by atoms with Crippen LogP contribution in [0.1, 0.15) is 29.4 Å². The van der Waals surface area contributed by atoms with Crippen LogP contribution in [-0.2, 0) is 16.5 Å². The van der Waals surface area contributed by atoms with Crippen LogP contribution in [0.3, 0.4) is 0 Å². The van der Waals surface area contributed by atoms with Gasteiger partial charge < -0.3 is 15.2 Å². The van der Waals surface area contributed by atoms with Crippen LogP contribution in [-0.4, -0.2) is 38.2 Å². The fraction of sp³-hybridized carbons (Fsp3) is 0.353. The van der Waals surface area contributed by atoms with Crippen LogP contribution in [0.4, 0.5) is 5.82 Å². The number of pyridine rings is 1. The van der Waals surface area contributed by atoms with E-state index in [2.05, 4.69) is 15.0 Å². The second kappa shape index (κ2) is 6.68. The number of rotatable bonds is 4. The van der Waals surface area contributed by atoms with E-state index in [4.69, 9.17) is 15.2 Å². The molecule has 9 heteroatoms. The topological polar surface area (TPSA) is 109 Å². The van der Waals surface area contributed by atoms with Crippen molar-refractivity contribution in [3.63, 3.8) is 0 Å². The third kappa shape index (κ3) is 3.08. The summed E-state index contributed by atoms with van der Waals surface area (Å²) in [6.07, 6.45) is 7.81. The SMILES string of the molecule is C[n+]1cccc(C(=O)OC[C@@H]2CC[C@H](n3cnc4c(N)ncnc43)O2)c1. The third-order valence-electron chi connectivity index (χ3n) is 4.36. The molecule has 0 amide bonds. The van der Waals surface area contributed by atoms with Crippen molar-refractivity contribution in [3.05, 3.63) is 42.7 Å². The molecule has 1 aliphatic rings. The van der Waals surface area contributed by atoms with Crippen molar-refractivity contribution in [3.8, 4) is 0 Å². The first-order valence-electron chi connectivity index (χ1n) is 8.32. The first-order valence-corrected chi connectivity index (χ1v) is 8.32. The Balaban J connectivity index is 1.39. The number of hydrogen-bond donors (Lipinski definition) is 1. The lowest BCUT2D eigenvalue weighted by Gasteiger charge is -2.15. The third-order valence-corrected chi connectivity index (χ3v) is 4.36. The maximum atomic E-state index is 12.1. The molecule has 0 aromatic carbocycles. The number of fused-ring (bicyclic) bond motifs is 1. The van der Waals surface area contributed by atoms with Gasteiger partial charge in [0.15, 0.2) is 23.9 Å². The van der Waals surface area contributed by atoms with Crippen molar-refractivity contribution < 1.29 is 18.8 Å². The average molecular weight is 355 g/mol. The summed E-state index contributed by atoms with van der Waals surface area (Å²) >= 11 is 0. The number of aromatic nitrogens is 5. The maximum absolute atomic E-state index is 12.1. The highest BCUT2D eigenvalue weighted by atomic mass is 16.6. The maximum Gasteiger partial charge on any atom is 0.344 e. The van der Waals surface area contributed by atoms with Gasteiger partial charge in [0.1, 0.15) is 37.3 Å². The number of nitrogens with two attached hydrogens (primary N) is 1. The zero-order chi connectivity index (χ0) is 18.1.